The average Bonchev–Trinajstić information content (AvgIpc) is 2.37. The zero-order valence-corrected chi connectivity index (χ0v) is 12.4. The van der Waals surface area contributed by atoms with Gasteiger partial charge in [-0.05, 0) is 31.2 Å². The normalized spacial score (nSPS) is 22.4. The van der Waals surface area contributed by atoms with E-state index in [9.17, 15) is 0 Å². The minimum Gasteiger partial charge on any atom is -0.375 e. The van der Waals surface area contributed by atoms with Crippen LogP contribution in [0.15, 0.2) is 28.7 Å². The highest BCUT2D eigenvalue weighted by Crippen LogP contribution is 2.19. The van der Waals surface area contributed by atoms with Crippen molar-refractivity contribution in [3.8, 4) is 0 Å². The van der Waals surface area contributed by atoms with Gasteiger partial charge in [-0.3, -0.25) is 0 Å². The summed E-state index contributed by atoms with van der Waals surface area (Å²) in [5, 5.41) is 3.39. The lowest BCUT2D eigenvalue weighted by molar-refractivity contribution is 0.0492. The second-order valence-corrected chi connectivity index (χ2v) is 6.28. The van der Waals surface area contributed by atoms with Gasteiger partial charge in [0.25, 0.3) is 0 Å². The molecule has 2 atom stereocenters. The van der Waals surface area contributed by atoms with Crippen LogP contribution < -0.4 is 5.32 Å². The second kappa shape index (κ2) is 6.78. The molecule has 0 spiro atoms. The minimum atomic E-state index is 0.331. The number of ether oxygens (including phenoxy) is 1. The monoisotopic (exact) mass is 315 g/mol. The third-order valence-electron chi connectivity index (χ3n) is 3.01. The average molecular weight is 316 g/mol. The van der Waals surface area contributed by atoms with Crippen molar-refractivity contribution in [1.82, 2.24) is 5.32 Å². The Morgan fingerprint density at radius 3 is 3.12 bits per heavy atom. The molecule has 94 valence electrons. The quantitative estimate of drug-likeness (QED) is 0.923. The van der Waals surface area contributed by atoms with Crippen LogP contribution in [-0.4, -0.2) is 37.3 Å². The Morgan fingerprint density at radius 2 is 2.47 bits per heavy atom. The first-order valence-corrected chi connectivity index (χ1v) is 7.85. The Hall–Kier alpha value is -0.0300. The maximum Gasteiger partial charge on any atom is 0.0821 e. The summed E-state index contributed by atoms with van der Waals surface area (Å²) in [4.78, 5) is 0. The van der Waals surface area contributed by atoms with Crippen molar-refractivity contribution >= 4 is 27.7 Å². The van der Waals surface area contributed by atoms with E-state index in [4.69, 9.17) is 4.74 Å². The van der Waals surface area contributed by atoms with Crippen LogP contribution >= 0.6 is 27.7 Å². The molecular formula is C13H18BrNOS. The van der Waals surface area contributed by atoms with Gasteiger partial charge in [0.2, 0.25) is 0 Å². The Labute approximate surface area is 116 Å². The Balaban J connectivity index is 1.98. The summed E-state index contributed by atoms with van der Waals surface area (Å²) in [6.07, 6.45) is 1.35. The fourth-order valence-electron chi connectivity index (χ4n) is 2.08. The van der Waals surface area contributed by atoms with Crippen LogP contribution in [0, 0.1) is 0 Å². The third kappa shape index (κ3) is 3.98. The Morgan fingerprint density at radius 1 is 1.59 bits per heavy atom. The van der Waals surface area contributed by atoms with Gasteiger partial charge in [0.1, 0.15) is 0 Å². The molecule has 1 aliphatic heterocycles. The summed E-state index contributed by atoms with van der Waals surface area (Å²) in [6.45, 7) is 0.881. The van der Waals surface area contributed by atoms with E-state index < -0.39 is 0 Å². The van der Waals surface area contributed by atoms with Crippen LogP contribution in [0.4, 0.5) is 0 Å². The highest BCUT2D eigenvalue weighted by atomic mass is 79.9. The molecule has 17 heavy (non-hydrogen) atoms. The third-order valence-corrected chi connectivity index (χ3v) is 4.52. The van der Waals surface area contributed by atoms with Crippen molar-refractivity contribution in [2.45, 2.75) is 18.6 Å². The first kappa shape index (κ1) is 13.4. The molecule has 1 aliphatic rings. The van der Waals surface area contributed by atoms with Gasteiger partial charge in [0, 0.05) is 22.0 Å². The summed E-state index contributed by atoms with van der Waals surface area (Å²) in [6, 6.07) is 8.90. The molecule has 1 fully saturated rings. The fourth-order valence-corrected chi connectivity index (χ4v) is 3.46. The highest BCUT2D eigenvalue weighted by molar-refractivity contribution is 9.10. The molecule has 2 unspecified atom stereocenters. The fraction of sp³-hybridized carbons (Fsp3) is 0.538. The van der Waals surface area contributed by atoms with Crippen LogP contribution in [0.25, 0.3) is 0 Å². The molecule has 1 aromatic carbocycles. The molecule has 0 radical (unpaired) electrons. The molecule has 4 heteroatoms. The molecular weight excluding hydrogens is 298 g/mol. The zero-order valence-electron chi connectivity index (χ0n) is 9.99. The first-order valence-electron chi connectivity index (χ1n) is 5.90. The standard InChI is InChI=1S/C13H18BrNOS/c1-15-12(13-9-17-6-5-16-13)8-10-3-2-4-11(14)7-10/h2-4,7,12-13,15H,5-6,8-9H2,1H3. The predicted molar refractivity (Wildman–Crippen MR) is 77.8 cm³/mol. The van der Waals surface area contributed by atoms with E-state index in [1.165, 1.54) is 5.56 Å². The molecule has 1 heterocycles. The van der Waals surface area contributed by atoms with Crippen LogP contribution in [0.5, 0.6) is 0 Å². The van der Waals surface area contributed by atoms with Gasteiger partial charge in [0.15, 0.2) is 0 Å². The molecule has 0 amide bonds. The largest absolute Gasteiger partial charge is 0.375 e. The van der Waals surface area contributed by atoms with Crippen molar-refractivity contribution in [2.75, 3.05) is 25.2 Å². The topological polar surface area (TPSA) is 21.3 Å². The summed E-state index contributed by atoms with van der Waals surface area (Å²) < 4.78 is 6.98. The minimum absolute atomic E-state index is 0.331. The van der Waals surface area contributed by atoms with Gasteiger partial charge in [-0.15, -0.1) is 0 Å². The molecule has 0 bridgehead atoms. The molecule has 1 saturated heterocycles. The van der Waals surface area contributed by atoms with Gasteiger partial charge in [-0.25, -0.2) is 0 Å². The number of hydrogen-bond acceptors (Lipinski definition) is 3. The van der Waals surface area contributed by atoms with Crippen molar-refractivity contribution in [3.05, 3.63) is 34.3 Å². The number of hydrogen-bond donors (Lipinski definition) is 1. The molecule has 0 aromatic heterocycles. The van der Waals surface area contributed by atoms with Gasteiger partial charge < -0.3 is 10.1 Å². The van der Waals surface area contributed by atoms with Crippen LogP contribution in [0.2, 0.25) is 0 Å². The van der Waals surface area contributed by atoms with E-state index in [0.717, 1.165) is 29.0 Å². The number of nitrogens with one attached hydrogen (secondary N) is 1. The second-order valence-electron chi connectivity index (χ2n) is 4.21. The van der Waals surface area contributed by atoms with Crippen LogP contribution in [0.1, 0.15) is 5.56 Å². The highest BCUT2D eigenvalue weighted by Gasteiger charge is 2.23. The summed E-state index contributed by atoms with van der Waals surface area (Å²) in [5.74, 6) is 2.23. The zero-order chi connectivity index (χ0) is 12.1. The van der Waals surface area contributed by atoms with Crippen LogP contribution in [-0.2, 0) is 11.2 Å². The molecule has 1 N–H and O–H groups in total. The number of halogens is 1. The molecule has 0 aliphatic carbocycles. The summed E-state index contributed by atoms with van der Waals surface area (Å²) in [7, 11) is 2.02. The van der Waals surface area contributed by atoms with Crippen molar-refractivity contribution in [1.29, 1.82) is 0 Å². The lowest BCUT2D eigenvalue weighted by Gasteiger charge is -2.30. The van der Waals surface area contributed by atoms with Gasteiger partial charge in [0.05, 0.1) is 12.7 Å². The van der Waals surface area contributed by atoms with Crippen molar-refractivity contribution < 1.29 is 4.74 Å². The van der Waals surface area contributed by atoms with E-state index in [1.54, 1.807) is 0 Å². The van der Waals surface area contributed by atoms with E-state index >= 15 is 0 Å². The van der Waals surface area contributed by atoms with E-state index in [0.29, 0.717) is 12.1 Å². The number of likely N-dealkylation sites (N-methyl/N-ethyl adjacent to an activating group) is 1. The maximum absolute atomic E-state index is 5.84. The van der Waals surface area contributed by atoms with Gasteiger partial charge in [-0.2, -0.15) is 11.8 Å². The number of benzene rings is 1. The Bertz CT molecular complexity index is 355. The maximum atomic E-state index is 5.84. The number of rotatable bonds is 4. The number of thioether (sulfide) groups is 1. The molecule has 0 saturated carbocycles. The summed E-state index contributed by atoms with van der Waals surface area (Å²) in [5.41, 5.74) is 1.35. The SMILES string of the molecule is CNC(Cc1cccc(Br)c1)C1CSCCO1. The van der Waals surface area contributed by atoms with Crippen molar-refractivity contribution in [3.63, 3.8) is 0 Å². The van der Waals surface area contributed by atoms with Gasteiger partial charge >= 0.3 is 0 Å². The summed E-state index contributed by atoms with van der Waals surface area (Å²) >= 11 is 5.50. The smallest absolute Gasteiger partial charge is 0.0821 e. The molecule has 2 nitrogen and oxygen atoms in total. The Kier molecular flexibility index (Phi) is 5.35. The van der Waals surface area contributed by atoms with Crippen molar-refractivity contribution in [2.24, 2.45) is 0 Å². The van der Waals surface area contributed by atoms with E-state index in [1.807, 2.05) is 18.8 Å². The molecule has 2 rings (SSSR count). The lowest BCUT2D eigenvalue weighted by Crippen LogP contribution is -2.44. The van der Waals surface area contributed by atoms with E-state index in [-0.39, 0.29) is 0 Å². The first-order chi connectivity index (χ1) is 8.29. The van der Waals surface area contributed by atoms with E-state index in [2.05, 4.69) is 45.5 Å². The van der Waals surface area contributed by atoms with Gasteiger partial charge in [-0.1, -0.05) is 28.1 Å². The predicted octanol–water partition coefficient (Wildman–Crippen LogP) is 2.71. The molecule has 1 aromatic rings. The van der Waals surface area contributed by atoms with Crippen LogP contribution in [0.3, 0.4) is 0 Å². The lowest BCUT2D eigenvalue weighted by atomic mass is 10.0.